The van der Waals surface area contributed by atoms with Crippen LogP contribution < -0.4 is 10.6 Å². The Morgan fingerprint density at radius 2 is 1.96 bits per heavy atom. The van der Waals surface area contributed by atoms with Gasteiger partial charge in [-0.15, -0.1) is 22.7 Å². The summed E-state index contributed by atoms with van der Waals surface area (Å²) in [4.78, 5) is 33.3. The molecule has 0 unspecified atom stereocenters. The van der Waals surface area contributed by atoms with E-state index in [9.17, 15) is 9.59 Å². The molecule has 3 heterocycles. The monoisotopic (exact) mass is 412 g/mol. The lowest BCUT2D eigenvalue weighted by Gasteiger charge is -2.02. The Balaban J connectivity index is 1.21. The van der Waals surface area contributed by atoms with E-state index in [2.05, 4.69) is 20.6 Å². The van der Waals surface area contributed by atoms with Gasteiger partial charge in [0.2, 0.25) is 5.91 Å². The number of carbonyl (C=O) groups is 2. The summed E-state index contributed by atoms with van der Waals surface area (Å²) in [5.74, 6) is 0.112. The van der Waals surface area contributed by atoms with Gasteiger partial charge in [-0.1, -0.05) is 0 Å². The van der Waals surface area contributed by atoms with Crippen LogP contribution in [0.25, 0.3) is 11.3 Å². The minimum Gasteiger partial charge on any atom is -0.351 e. The average molecular weight is 413 g/mol. The first kappa shape index (κ1) is 18.8. The molecule has 144 valence electrons. The molecule has 1 aliphatic rings. The summed E-state index contributed by atoms with van der Waals surface area (Å²) in [5.41, 5.74) is 2.03. The topological polar surface area (TPSA) is 84.0 Å². The van der Waals surface area contributed by atoms with Crippen molar-refractivity contribution in [2.45, 2.75) is 25.7 Å². The smallest absolute Gasteiger partial charge is 0.261 e. The summed E-state index contributed by atoms with van der Waals surface area (Å²) in [6, 6.07) is 7.43. The van der Waals surface area contributed by atoms with Crippen LogP contribution in [-0.2, 0) is 11.2 Å². The predicted molar refractivity (Wildman–Crippen MR) is 112 cm³/mol. The second-order valence-corrected chi connectivity index (χ2v) is 8.68. The number of pyridine rings is 1. The van der Waals surface area contributed by atoms with E-state index in [1.54, 1.807) is 35.9 Å². The van der Waals surface area contributed by atoms with Gasteiger partial charge in [-0.3, -0.25) is 14.6 Å². The minimum absolute atomic E-state index is 0.0587. The van der Waals surface area contributed by atoms with E-state index in [0.29, 0.717) is 11.4 Å². The van der Waals surface area contributed by atoms with Gasteiger partial charge in [0, 0.05) is 42.2 Å². The molecule has 0 radical (unpaired) electrons. The molecule has 3 aromatic heterocycles. The number of aromatic nitrogens is 2. The van der Waals surface area contributed by atoms with E-state index < -0.39 is 0 Å². The van der Waals surface area contributed by atoms with E-state index in [0.717, 1.165) is 46.9 Å². The first-order valence-corrected chi connectivity index (χ1v) is 10.9. The number of hydrogen-bond donors (Lipinski definition) is 2. The van der Waals surface area contributed by atoms with Gasteiger partial charge in [-0.2, -0.15) is 0 Å². The zero-order valence-corrected chi connectivity index (χ0v) is 16.8. The van der Waals surface area contributed by atoms with Crippen molar-refractivity contribution in [2.24, 2.45) is 5.92 Å². The molecule has 0 atom stereocenters. The summed E-state index contributed by atoms with van der Waals surface area (Å²) in [7, 11) is 0. The number of nitrogens with one attached hydrogen (secondary N) is 2. The number of nitrogens with zero attached hydrogens (tertiary/aromatic N) is 2. The van der Waals surface area contributed by atoms with Gasteiger partial charge in [0.05, 0.1) is 20.6 Å². The lowest BCUT2D eigenvalue weighted by atomic mass is 10.2. The normalized spacial score (nSPS) is 13.3. The summed E-state index contributed by atoms with van der Waals surface area (Å²) in [6.07, 6.45) is 7.10. The zero-order valence-electron chi connectivity index (χ0n) is 15.2. The largest absolute Gasteiger partial charge is 0.351 e. The molecule has 28 heavy (non-hydrogen) atoms. The number of thiazole rings is 1. The van der Waals surface area contributed by atoms with Gasteiger partial charge in [-0.25, -0.2) is 4.98 Å². The SMILES string of the molecule is O=C(NCCCc1nc(-c2ccncc2)cs1)c1ccc(NC(=O)C2CC2)s1. The molecule has 0 bridgehead atoms. The molecule has 1 fully saturated rings. The van der Waals surface area contributed by atoms with Crippen LogP contribution in [0.4, 0.5) is 5.00 Å². The van der Waals surface area contributed by atoms with Gasteiger partial charge in [0.1, 0.15) is 0 Å². The molecule has 0 spiro atoms. The molecule has 1 aliphatic carbocycles. The number of anilines is 1. The predicted octanol–water partition coefficient (Wildman–Crippen LogP) is 3.98. The molecular weight excluding hydrogens is 392 g/mol. The van der Waals surface area contributed by atoms with Crippen molar-refractivity contribution in [3.8, 4) is 11.3 Å². The zero-order chi connectivity index (χ0) is 19.3. The van der Waals surface area contributed by atoms with Crippen molar-refractivity contribution in [3.63, 3.8) is 0 Å². The Bertz CT molecular complexity index is 964. The highest BCUT2D eigenvalue weighted by Crippen LogP contribution is 2.31. The van der Waals surface area contributed by atoms with Gasteiger partial charge < -0.3 is 10.6 Å². The number of rotatable bonds is 8. The molecule has 1 saturated carbocycles. The highest BCUT2D eigenvalue weighted by Gasteiger charge is 2.29. The number of carbonyl (C=O) groups excluding carboxylic acids is 2. The molecule has 4 rings (SSSR count). The van der Waals surface area contributed by atoms with Crippen molar-refractivity contribution < 1.29 is 9.59 Å². The van der Waals surface area contributed by atoms with E-state index in [1.165, 1.54) is 11.3 Å². The Kier molecular flexibility index (Phi) is 5.78. The van der Waals surface area contributed by atoms with Crippen LogP contribution in [0.1, 0.15) is 33.9 Å². The average Bonchev–Trinajstić information content (AvgIpc) is 3.29. The maximum atomic E-state index is 12.3. The van der Waals surface area contributed by atoms with Crippen molar-refractivity contribution in [2.75, 3.05) is 11.9 Å². The first-order valence-electron chi connectivity index (χ1n) is 9.23. The number of thiophene rings is 1. The molecule has 8 heteroatoms. The summed E-state index contributed by atoms with van der Waals surface area (Å²) >= 11 is 2.94. The third kappa shape index (κ3) is 4.82. The molecule has 6 nitrogen and oxygen atoms in total. The highest BCUT2D eigenvalue weighted by molar-refractivity contribution is 7.18. The van der Waals surface area contributed by atoms with Crippen LogP contribution >= 0.6 is 22.7 Å². The van der Waals surface area contributed by atoms with Crippen LogP contribution in [0.2, 0.25) is 0 Å². The lowest BCUT2D eigenvalue weighted by Crippen LogP contribution is -2.23. The molecule has 0 saturated heterocycles. The maximum Gasteiger partial charge on any atom is 0.261 e. The second kappa shape index (κ2) is 8.62. The Morgan fingerprint density at radius 3 is 2.75 bits per heavy atom. The first-order chi connectivity index (χ1) is 13.7. The molecular formula is C20H20N4O2S2. The van der Waals surface area contributed by atoms with Crippen LogP contribution in [0.15, 0.2) is 42.0 Å². The molecule has 3 aromatic rings. The van der Waals surface area contributed by atoms with Crippen molar-refractivity contribution >= 4 is 39.5 Å². The van der Waals surface area contributed by atoms with E-state index in [4.69, 9.17) is 0 Å². The quantitative estimate of drug-likeness (QED) is 0.548. The van der Waals surface area contributed by atoms with Crippen molar-refractivity contribution in [1.29, 1.82) is 0 Å². The molecule has 0 aliphatic heterocycles. The third-order valence-electron chi connectivity index (χ3n) is 4.41. The Morgan fingerprint density at radius 1 is 1.14 bits per heavy atom. The number of amides is 2. The van der Waals surface area contributed by atoms with Crippen molar-refractivity contribution in [3.05, 3.63) is 51.9 Å². The third-order valence-corrected chi connectivity index (χ3v) is 6.31. The Labute approximate surface area is 171 Å². The summed E-state index contributed by atoms with van der Waals surface area (Å²) < 4.78 is 0. The van der Waals surface area contributed by atoms with E-state index in [-0.39, 0.29) is 17.7 Å². The Hall–Kier alpha value is -2.58. The molecule has 2 N–H and O–H groups in total. The van der Waals surface area contributed by atoms with Gasteiger partial charge in [0.25, 0.3) is 5.91 Å². The van der Waals surface area contributed by atoms with Crippen LogP contribution in [-0.4, -0.2) is 28.3 Å². The van der Waals surface area contributed by atoms with E-state index in [1.807, 2.05) is 17.5 Å². The fourth-order valence-electron chi connectivity index (χ4n) is 2.71. The number of hydrogen-bond acceptors (Lipinski definition) is 6. The van der Waals surface area contributed by atoms with E-state index >= 15 is 0 Å². The fourth-order valence-corrected chi connectivity index (χ4v) is 4.38. The van der Waals surface area contributed by atoms with Crippen LogP contribution in [0.5, 0.6) is 0 Å². The van der Waals surface area contributed by atoms with Crippen LogP contribution in [0.3, 0.4) is 0 Å². The van der Waals surface area contributed by atoms with Crippen molar-refractivity contribution in [1.82, 2.24) is 15.3 Å². The van der Waals surface area contributed by atoms with Gasteiger partial charge in [-0.05, 0) is 43.5 Å². The second-order valence-electron chi connectivity index (χ2n) is 6.65. The molecule has 0 aromatic carbocycles. The molecule has 2 amide bonds. The maximum absolute atomic E-state index is 12.3. The number of aryl methyl sites for hydroxylation is 1. The standard InChI is InChI=1S/C20H20N4O2S2/c25-19(14-3-4-14)24-18-6-5-16(28-18)20(26)22-9-1-2-17-23-15(12-27-17)13-7-10-21-11-8-13/h5-8,10-12,14H,1-4,9H2,(H,22,26)(H,24,25). The van der Waals surface area contributed by atoms with Crippen LogP contribution in [0, 0.1) is 5.92 Å². The lowest BCUT2D eigenvalue weighted by molar-refractivity contribution is -0.117. The summed E-state index contributed by atoms with van der Waals surface area (Å²) in [6.45, 7) is 0.588. The highest BCUT2D eigenvalue weighted by atomic mass is 32.1. The van der Waals surface area contributed by atoms with Gasteiger partial charge >= 0.3 is 0 Å². The van der Waals surface area contributed by atoms with Gasteiger partial charge in [0.15, 0.2) is 0 Å². The fraction of sp³-hybridized carbons (Fsp3) is 0.300. The minimum atomic E-state index is -0.103. The summed E-state index contributed by atoms with van der Waals surface area (Å²) in [5, 5.41) is 9.64.